The monoisotopic (exact) mass is 245 g/mol. The van der Waals surface area contributed by atoms with Gasteiger partial charge in [-0.25, -0.2) is 0 Å². The van der Waals surface area contributed by atoms with Crippen molar-refractivity contribution in [2.45, 2.75) is 18.9 Å². The highest BCUT2D eigenvalue weighted by molar-refractivity contribution is 6.29. The molecule has 0 aromatic carbocycles. The van der Waals surface area contributed by atoms with Crippen molar-refractivity contribution in [2.75, 3.05) is 25.6 Å². The number of nitrogens with one attached hydrogen (secondary N) is 1. The van der Waals surface area contributed by atoms with Gasteiger partial charge in [0, 0.05) is 26.7 Å². The number of aromatic nitrogens is 2. The Morgan fingerprint density at radius 2 is 2.25 bits per heavy atom. The first-order chi connectivity index (χ1) is 7.53. The van der Waals surface area contributed by atoms with Gasteiger partial charge in [-0.05, 0) is 19.1 Å². The van der Waals surface area contributed by atoms with Gasteiger partial charge in [-0.3, -0.25) is 0 Å². The van der Waals surface area contributed by atoms with Crippen LogP contribution in [0, 0.1) is 0 Å². The number of ether oxygens (including phenoxy) is 1. The summed E-state index contributed by atoms with van der Waals surface area (Å²) < 4.78 is 4.91. The van der Waals surface area contributed by atoms with E-state index in [0.717, 1.165) is 0 Å². The zero-order valence-electron chi connectivity index (χ0n) is 9.40. The van der Waals surface area contributed by atoms with E-state index in [0.29, 0.717) is 30.5 Å². The fraction of sp³-hybridized carbons (Fsp3) is 0.600. The molecule has 0 saturated carbocycles. The van der Waals surface area contributed by atoms with Gasteiger partial charge in [0.25, 0.3) is 0 Å². The van der Waals surface area contributed by atoms with Crippen LogP contribution in [0.5, 0.6) is 0 Å². The molecule has 16 heavy (non-hydrogen) atoms. The minimum absolute atomic E-state index is 0.344. The summed E-state index contributed by atoms with van der Waals surface area (Å²) in [6.45, 7) is 2.63. The lowest BCUT2D eigenvalue weighted by atomic mass is 10.0. The Hall–Kier alpha value is -0.910. The molecule has 0 aliphatic rings. The lowest BCUT2D eigenvalue weighted by Crippen LogP contribution is -2.34. The molecule has 1 aromatic heterocycles. The van der Waals surface area contributed by atoms with E-state index in [1.807, 2.05) is 0 Å². The van der Waals surface area contributed by atoms with Gasteiger partial charge in [0.1, 0.15) is 5.82 Å². The number of aliphatic hydroxyl groups is 1. The summed E-state index contributed by atoms with van der Waals surface area (Å²) in [5, 5.41) is 20.8. The van der Waals surface area contributed by atoms with Crippen molar-refractivity contribution >= 4 is 17.4 Å². The van der Waals surface area contributed by atoms with Gasteiger partial charge in [-0.15, -0.1) is 10.2 Å². The lowest BCUT2D eigenvalue weighted by Gasteiger charge is -2.23. The van der Waals surface area contributed by atoms with Crippen LogP contribution in [0.15, 0.2) is 12.1 Å². The molecule has 0 spiro atoms. The van der Waals surface area contributed by atoms with Gasteiger partial charge >= 0.3 is 0 Å². The van der Waals surface area contributed by atoms with Crippen molar-refractivity contribution in [3.63, 3.8) is 0 Å². The van der Waals surface area contributed by atoms with Crippen molar-refractivity contribution < 1.29 is 9.84 Å². The largest absolute Gasteiger partial charge is 0.388 e. The summed E-state index contributed by atoms with van der Waals surface area (Å²) in [5.41, 5.74) is -0.836. The minimum atomic E-state index is -0.836. The predicted octanol–water partition coefficient (Wildman–Crippen LogP) is 1.33. The van der Waals surface area contributed by atoms with Gasteiger partial charge in [0.15, 0.2) is 5.15 Å². The maximum absolute atomic E-state index is 9.94. The fourth-order valence-electron chi connectivity index (χ4n) is 1.10. The number of nitrogens with zero attached hydrogens (tertiary/aromatic N) is 2. The Kier molecular flexibility index (Phi) is 4.92. The maximum atomic E-state index is 9.94. The molecule has 5 nitrogen and oxygen atoms in total. The summed E-state index contributed by atoms with van der Waals surface area (Å²) in [6.07, 6.45) is 0.553. The molecule has 1 aromatic rings. The van der Waals surface area contributed by atoms with E-state index in [1.165, 1.54) is 0 Å². The van der Waals surface area contributed by atoms with Crippen molar-refractivity contribution in [1.82, 2.24) is 10.2 Å². The normalized spacial score (nSPS) is 14.5. The molecule has 0 fully saturated rings. The second kappa shape index (κ2) is 5.98. The summed E-state index contributed by atoms with van der Waals surface area (Å²) in [4.78, 5) is 0. The second-order valence-corrected chi connectivity index (χ2v) is 4.22. The molecule has 1 heterocycles. The smallest absolute Gasteiger partial charge is 0.151 e. The van der Waals surface area contributed by atoms with Crippen LogP contribution in [0.4, 0.5) is 5.82 Å². The molecular formula is C10H16ClN3O2. The van der Waals surface area contributed by atoms with E-state index in [9.17, 15) is 5.11 Å². The van der Waals surface area contributed by atoms with Crippen molar-refractivity contribution in [3.8, 4) is 0 Å². The third-order valence-corrected chi connectivity index (χ3v) is 2.33. The van der Waals surface area contributed by atoms with Crippen LogP contribution in [-0.4, -0.2) is 41.2 Å². The standard InChI is InChI=1S/C10H16ClN3O2/c1-10(15,5-6-16-2)7-12-9-4-3-8(11)13-14-9/h3-4,15H,5-7H2,1-2H3,(H,12,14). The lowest BCUT2D eigenvalue weighted by molar-refractivity contribution is 0.0357. The molecule has 1 rings (SSSR count). The summed E-state index contributed by atoms with van der Waals surface area (Å²) in [7, 11) is 1.61. The van der Waals surface area contributed by atoms with Crippen LogP contribution < -0.4 is 5.32 Å². The SMILES string of the molecule is COCCC(C)(O)CNc1ccc(Cl)nn1. The van der Waals surface area contributed by atoms with Gasteiger partial charge in [0.2, 0.25) is 0 Å². The highest BCUT2D eigenvalue weighted by Crippen LogP contribution is 2.11. The zero-order chi connectivity index (χ0) is 12.0. The van der Waals surface area contributed by atoms with Crippen LogP contribution in [0.25, 0.3) is 0 Å². The number of methoxy groups -OCH3 is 1. The molecule has 0 aliphatic heterocycles. The topological polar surface area (TPSA) is 67.3 Å². The summed E-state index contributed by atoms with van der Waals surface area (Å²) >= 11 is 5.60. The van der Waals surface area contributed by atoms with Crippen LogP contribution in [0.2, 0.25) is 5.15 Å². The Morgan fingerprint density at radius 1 is 1.50 bits per heavy atom. The van der Waals surface area contributed by atoms with Crippen LogP contribution >= 0.6 is 11.6 Å². The minimum Gasteiger partial charge on any atom is -0.388 e. The molecule has 2 N–H and O–H groups in total. The molecular weight excluding hydrogens is 230 g/mol. The van der Waals surface area contributed by atoms with Crippen LogP contribution in [0.3, 0.4) is 0 Å². The Balaban J connectivity index is 2.41. The van der Waals surface area contributed by atoms with E-state index in [2.05, 4.69) is 15.5 Å². The Morgan fingerprint density at radius 3 is 2.81 bits per heavy atom. The molecule has 1 atom stereocenters. The third kappa shape index (κ3) is 4.74. The number of hydrogen-bond acceptors (Lipinski definition) is 5. The molecule has 0 amide bonds. The highest BCUT2D eigenvalue weighted by Gasteiger charge is 2.19. The van der Waals surface area contributed by atoms with E-state index >= 15 is 0 Å². The molecule has 6 heteroatoms. The van der Waals surface area contributed by atoms with E-state index in [-0.39, 0.29) is 0 Å². The Labute approximate surface area is 99.8 Å². The second-order valence-electron chi connectivity index (χ2n) is 3.83. The Bertz CT molecular complexity index is 316. The number of halogens is 1. The number of hydrogen-bond donors (Lipinski definition) is 2. The van der Waals surface area contributed by atoms with Crippen LogP contribution in [-0.2, 0) is 4.74 Å². The average molecular weight is 246 g/mol. The van der Waals surface area contributed by atoms with Gasteiger partial charge in [-0.1, -0.05) is 11.6 Å². The first-order valence-electron chi connectivity index (χ1n) is 4.98. The number of rotatable bonds is 6. The molecule has 0 aliphatic carbocycles. The molecule has 0 radical (unpaired) electrons. The van der Waals surface area contributed by atoms with E-state index in [1.54, 1.807) is 26.2 Å². The fourth-order valence-corrected chi connectivity index (χ4v) is 1.20. The van der Waals surface area contributed by atoms with E-state index in [4.69, 9.17) is 16.3 Å². The molecule has 0 saturated heterocycles. The molecule has 0 bridgehead atoms. The van der Waals surface area contributed by atoms with Crippen molar-refractivity contribution in [2.24, 2.45) is 0 Å². The third-order valence-electron chi connectivity index (χ3n) is 2.13. The van der Waals surface area contributed by atoms with Gasteiger partial charge in [0.05, 0.1) is 5.60 Å². The first-order valence-corrected chi connectivity index (χ1v) is 5.36. The summed E-state index contributed by atoms with van der Waals surface area (Å²) in [6, 6.07) is 3.35. The van der Waals surface area contributed by atoms with Crippen molar-refractivity contribution in [3.05, 3.63) is 17.3 Å². The van der Waals surface area contributed by atoms with Crippen LogP contribution in [0.1, 0.15) is 13.3 Å². The van der Waals surface area contributed by atoms with E-state index < -0.39 is 5.60 Å². The summed E-state index contributed by atoms with van der Waals surface area (Å²) in [5.74, 6) is 0.585. The quantitative estimate of drug-likeness (QED) is 0.792. The zero-order valence-corrected chi connectivity index (χ0v) is 10.2. The first kappa shape index (κ1) is 13.2. The van der Waals surface area contributed by atoms with Gasteiger partial charge in [-0.2, -0.15) is 0 Å². The van der Waals surface area contributed by atoms with Crippen molar-refractivity contribution in [1.29, 1.82) is 0 Å². The average Bonchev–Trinajstić information content (AvgIpc) is 2.26. The number of anilines is 1. The molecule has 90 valence electrons. The van der Waals surface area contributed by atoms with Gasteiger partial charge < -0.3 is 15.2 Å². The molecule has 1 unspecified atom stereocenters. The maximum Gasteiger partial charge on any atom is 0.151 e. The predicted molar refractivity (Wildman–Crippen MR) is 62.6 cm³/mol. The highest BCUT2D eigenvalue weighted by atomic mass is 35.5.